The number of ether oxygens (including phenoxy) is 1. The van der Waals surface area contributed by atoms with E-state index in [-0.39, 0.29) is 23.4 Å². The van der Waals surface area contributed by atoms with Gasteiger partial charge in [-0.15, -0.1) is 0 Å². The molecule has 5 nitrogen and oxygen atoms in total. The van der Waals surface area contributed by atoms with Crippen LogP contribution in [0, 0.1) is 0 Å². The van der Waals surface area contributed by atoms with Crippen molar-refractivity contribution < 1.29 is 27.1 Å². The number of aromatic nitrogens is 1. The van der Waals surface area contributed by atoms with Gasteiger partial charge in [-0.2, -0.15) is 8.78 Å². The van der Waals surface area contributed by atoms with Crippen molar-refractivity contribution in [3.8, 4) is 5.88 Å². The summed E-state index contributed by atoms with van der Waals surface area (Å²) in [5.74, 6) is -4.71. The molecule has 1 atom stereocenters. The van der Waals surface area contributed by atoms with Crippen LogP contribution in [0.4, 0.5) is 17.6 Å². The second-order valence-electron chi connectivity index (χ2n) is 5.34. The lowest BCUT2D eigenvalue weighted by molar-refractivity contribution is -0.148. The normalized spacial score (nSPS) is 19.0. The van der Waals surface area contributed by atoms with Gasteiger partial charge in [-0.05, 0) is 13.0 Å². The Morgan fingerprint density at radius 1 is 1.52 bits per heavy atom. The molecule has 0 aromatic carbocycles. The van der Waals surface area contributed by atoms with E-state index >= 15 is 0 Å². The highest BCUT2D eigenvalue weighted by Crippen LogP contribution is 2.23. The SMILES string of the molecule is CC1CN(C(=O)c2ccc(OCC(F)(F)C(F)F)nc2)CCN1. The Hall–Kier alpha value is -1.90. The van der Waals surface area contributed by atoms with E-state index in [2.05, 4.69) is 15.0 Å². The lowest BCUT2D eigenvalue weighted by Gasteiger charge is -2.31. The van der Waals surface area contributed by atoms with Gasteiger partial charge < -0.3 is 15.0 Å². The summed E-state index contributed by atoms with van der Waals surface area (Å²) in [6.45, 7) is 2.28. The number of nitrogens with zero attached hydrogens (tertiary/aromatic N) is 2. The van der Waals surface area contributed by atoms with E-state index in [1.165, 1.54) is 18.3 Å². The van der Waals surface area contributed by atoms with E-state index in [4.69, 9.17) is 0 Å². The molecule has 1 amide bonds. The second-order valence-corrected chi connectivity index (χ2v) is 5.34. The molecule has 1 aliphatic heterocycles. The molecule has 1 fully saturated rings. The number of rotatable bonds is 5. The lowest BCUT2D eigenvalue weighted by atomic mass is 10.2. The minimum absolute atomic E-state index is 0.180. The van der Waals surface area contributed by atoms with Gasteiger partial charge in [-0.25, -0.2) is 13.8 Å². The van der Waals surface area contributed by atoms with E-state index in [1.54, 1.807) is 4.90 Å². The van der Waals surface area contributed by atoms with Crippen LogP contribution in [0.3, 0.4) is 0 Å². The number of carbonyl (C=O) groups excluding carboxylic acids is 1. The van der Waals surface area contributed by atoms with E-state index in [0.29, 0.717) is 19.6 Å². The zero-order chi connectivity index (χ0) is 17.0. The average Bonchev–Trinajstić information content (AvgIpc) is 2.52. The highest BCUT2D eigenvalue weighted by Gasteiger charge is 2.41. The Kier molecular flexibility index (Phi) is 5.40. The van der Waals surface area contributed by atoms with E-state index < -0.39 is 19.0 Å². The third kappa shape index (κ3) is 4.54. The summed E-state index contributed by atoms with van der Waals surface area (Å²) in [6, 6.07) is 2.76. The van der Waals surface area contributed by atoms with Crippen LogP contribution in [0.5, 0.6) is 5.88 Å². The molecule has 128 valence electrons. The first kappa shape index (κ1) is 17.5. The molecule has 0 bridgehead atoms. The molecule has 0 aliphatic carbocycles. The van der Waals surface area contributed by atoms with Gasteiger partial charge in [0.05, 0.1) is 5.56 Å². The number of pyridine rings is 1. The summed E-state index contributed by atoms with van der Waals surface area (Å²) in [6.07, 6.45) is -2.62. The van der Waals surface area contributed by atoms with E-state index in [0.717, 1.165) is 0 Å². The largest absolute Gasteiger partial charge is 0.471 e. The van der Waals surface area contributed by atoms with Crippen LogP contribution in [-0.2, 0) is 0 Å². The average molecular weight is 335 g/mol. The fraction of sp³-hybridized carbons (Fsp3) is 0.571. The highest BCUT2D eigenvalue weighted by molar-refractivity contribution is 5.94. The van der Waals surface area contributed by atoms with Crippen molar-refractivity contribution >= 4 is 5.91 Å². The number of halogens is 4. The second kappa shape index (κ2) is 7.12. The first-order chi connectivity index (χ1) is 10.8. The van der Waals surface area contributed by atoms with Crippen molar-refractivity contribution in [1.29, 1.82) is 0 Å². The number of hydrogen-bond acceptors (Lipinski definition) is 4. The minimum Gasteiger partial charge on any atom is -0.471 e. The topological polar surface area (TPSA) is 54.5 Å². The predicted octanol–water partition coefficient (Wildman–Crippen LogP) is 1.79. The summed E-state index contributed by atoms with van der Waals surface area (Å²) in [7, 11) is 0. The van der Waals surface area contributed by atoms with Gasteiger partial charge in [0, 0.05) is 37.9 Å². The van der Waals surface area contributed by atoms with Gasteiger partial charge in [-0.3, -0.25) is 4.79 Å². The molecular formula is C14H17F4N3O2. The van der Waals surface area contributed by atoms with Crippen LogP contribution in [0.2, 0.25) is 0 Å². The molecule has 1 saturated heterocycles. The Morgan fingerprint density at radius 3 is 2.83 bits per heavy atom. The van der Waals surface area contributed by atoms with Crippen LogP contribution in [-0.4, -0.2) is 60.4 Å². The van der Waals surface area contributed by atoms with E-state index in [1.807, 2.05) is 6.92 Å². The molecule has 0 spiro atoms. The molecular weight excluding hydrogens is 318 g/mol. The van der Waals surface area contributed by atoms with E-state index in [9.17, 15) is 22.4 Å². The highest BCUT2D eigenvalue weighted by atomic mass is 19.3. The van der Waals surface area contributed by atoms with Crippen LogP contribution in [0.15, 0.2) is 18.3 Å². The fourth-order valence-electron chi connectivity index (χ4n) is 2.12. The Morgan fingerprint density at radius 2 is 2.26 bits per heavy atom. The van der Waals surface area contributed by atoms with Crippen molar-refractivity contribution in [2.75, 3.05) is 26.2 Å². The molecule has 0 saturated carbocycles. The van der Waals surface area contributed by atoms with Gasteiger partial charge in [0.1, 0.15) is 0 Å². The monoisotopic (exact) mass is 335 g/mol. The van der Waals surface area contributed by atoms with Crippen molar-refractivity contribution in [2.24, 2.45) is 0 Å². The number of carbonyl (C=O) groups is 1. The van der Waals surface area contributed by atoms with Gasteiger partial charge in [0.15, 0.2) is 6.61 Å². The van der Waals surface area contributed by atoms with Crippen molar-refractivity contribution in [3.05, 3.63) is 23.9 Å². The third-order valence-corrected chi connectivity index (χ3v) is 3.37. The van der Waals surface area contributed by atoms with Crippen LogP contribution in [0.25, 0.3) is 0 Å². The van der Waals surface area contributed by atoms with Gasteiger partial charge in [0.25, 0.3) is 5.91 Å². The molecule has 23 heavy (non-hydrogen) atoms. The molecule has 0 radical (unpaired) electrons. The van der Waals surface area contributed by atoms with Crippen molar-refractivity contribution in [1.82, 2.24) is 15.2 Å². The Bertz CT molecular complexity index is 539. The number of piperazine rings is 1. The first-order valence-electron chi connectivity index (χ1n) is 7.07. The number of alkyl halides is 4. The maximum Gasteiger partial charge on any atom is 0.340 e. The summed E-state index contributed by atoms with van der Waals surface area (Å²) in [5.41, 5.74) is 0.284. The molecule has 1 N–H and O–H groups in total. The van der Waals surface area contributed by atoms with Crippen LogP contribution >= 0.6 is 0 Å². The molecule has 1 aromatic rings. The molecule has 1 aliphatic rings. The third-order valence-electron chi connectivity index (χ3n) is 3.37. The Balaban J connectivity index is 1.95. The zero-order valence-electron chi connectivity index (χ0n) is 12.4. The van der Waals surface area contributed by atoms with Crippen molar-refractivity contribution in [2.45, 2.75) is 25.3 Å². The quantitative estimate of drug-likeness (QED) is 0.834. The van der Waals surface area contributed by atoms with Gasteiger partial charge in [-0.1, -0.05) is 0 Å². The number of nitrogens with one attached hydrogen (secondary N) is 1. The van der Waals surface area contributed by atoms with Crippen molar-refractivity contribution in [3.63, 3.8) is 0 Å². The molecule has 1 aromatic heterocycles. The fourth-order valence-corrected chi connectivity index (χ4v) is 2.12. The molecule has 9 heteroatoms. The summed E-state index contributed by atoms with van der Waals surface area (Å²) in [4.78, 5) is 17.6. The maximum absolute atomic E-state index is 12.7. The summed E-state index contributed by atoms with van der Waals surface area (Å²) >= 11 is 0. The smallest absolute Gasteiger partial charge is 0.340 e. The number of amides is 1. The lowest BCUT2D eigenvalue weighted by Crippen LogP contribution is -2.51. The van der Waals surface area contributed by atoms with Gasteiger partial charge in [0.2, 0.25) is 5.88 Å². The summed E-state index contributed by atoms with van der Waals surface area (Å²) in [5, 5.41) is 3.21. The Labute approximate surface area is 130 Å². The minimum atomic E-state index is -4.24. The molecule has 2 rings (SSSR count). The molecule has 2 heterocycles. The van der Waals surface area contributed by atoms with Crippen LogP contribution in [0.1, 0.15) is 17.3 Å². The number of hydrogen-bond donors (Lipinski definition) is 1. The standard InChI is InChI=1S/C14H17F4N3O2/c1-9-7-21(5-4-19-9)12(22)10-2-3-11(20-6-10)23-8-14(17,18)13(15)16/h2-3,6,9,13,19H,4-5,7-8H2,1H3. The van der Waals surface area contributed by atoms with Gasteiger partial charge >= 0.3 is 12.3 Å². The van der Waals surface area contributed by atoms with Crippen LogP contribution < -0.4 is 10.1 Å². The first-order valence-corrected chi connectivity index (χ1v) is 7.07. The predicted molar refractivity (Wildman–Crippen MR) is 74.1 cm³/mol. The maximum atomic E-state index is 12.7. The zero-order valence-corrected chi connectivity index (χ0v) is 12.4. The molecule has 1 unspecified atom stereocenters. The summed E-state index contributed by atoms with van der Waals surface area (Å²) < 4.78 is 54.1.